The van der Waals surface area contributed by atoms with Crippen LogP contribution in [0.2, 0.25) is 0 Å². The highest BCUT2D eigenvalue weighted by molar-refractivity contribution is 6.05. The number of benzene rings is 2. The number of phenolic OH excluding ortho intramolecular Hbond substituents is 2. The zero-order valence-corrected chi connectivity index (χ0v) is 12.7. The van der Waals surface area contributed by atoms with E-state index in [9.17, 15) is 15.0 Å². The minimum absolute atomic E-state index is 0.0604. The number of aromatic hydroxyl groups is 2. The average Bonchev–Trinajstić information content (AvgIpc) is 2.51. The van der Waals surface area contributed by atoms with E-state index in [0.29, 0.717) is 22.4 Å². The molecule has 0 saturated carbocycles. The molecule has 0 unspecified atom stereocenters. The van der Waals surface area contributed by atoms with E-state index in [0.717, 1.165) is 5.56 Å². The molecule has 5 nitrogen and oxygen atoms in total. The topological polar surface area (TPSA) is 71.7 Å². The molecule has 2 aromatic carbocycles. The van der Waals surface area contributed by atoms with Crippen molar-refractivity contribution in [3.63, 3.8) is 0 Å². The van der Waals surface area contributed by atoms with Gasteiger partial charge in [0.15, 0.2) is 0 Å². The Morgan fingerprint density at radius 3 is 2.48 bits per heavy atom. The summed E-state index contributed by atoms with van der Waals surface area (Å²) >= 11 is 0. The van der Waals surface area contributed by atoms with E-state index in [-0.39, 0.29) is 28.5 Å². The molecule has 0 spiro atoms. The summed E-state index contributed by atoms with van der Waals surface area (Å²) in [7, 11) is 0. The van der Waals surface area contributed by atoms with Gasteiger partial charge in [0.1, 0.15) is 23.0 Å². The van der Waals surface area contributed by atoms with E-state index >= 15 is 0 Å². The summed E-state index contributed by atoms with van der Waals surface area (Å²) in [6, 6.07) is 7.91. The molecule has 0 atom stereocenters. The third kappa shape index (κ3) is 1.83. The maximum Gasteiger partial charge on any atom is 0.262 e. The third-order valence-electron chi connectivity index (χ3n) is 4.16. The second-order valence-electron chi connectivity index (χ2n) is 5.96. The third-order valence-corrected chi connectivity index (χ3v) is 4.16. The number of hydrogen-bond acceptors (Lipinski definition) is 4. The molecule has 0 amide bonds. The number of nitrogens with zero attached hydrogens (tertiary/aromatic N) is 1. The largest absolute Gasteiger partial charge is 0.508 e. The number of hydrogen-bond donors (Lipinski definition) is 2. The van der Waals surface area contributed by atoms with Gasteiger partial charge in [-0.15, -0.1) is 0 Å². The molecule has 116 valence electrons. The maximum absolute atomic E-state index is 12.7. The number of rotatable bonds is 1. The standard InChI is InChI=1S/C18H15NO4/c1-9(2)19-8-12-11-7-10(20)3-5-14(11)23-15-6-4-13(21)17(16(12)15)18(19)22/h3-9,20-21H,1-2H3. The molecule has 23 heavy (non-hydrogen) atoms. The van der Waals surface area contributed by atoms with Crippen molar-refractivity contribution in [3.8, 4) is 34.1 Å². The van der Waals surface area contributed by atoms with Crippen LogP contribution in [-0.2, 0) is 0 Å². The molecule has 1 aliphatic heterocycles. The number of aromatic nitrogens is 1. The van der Waals surface area contributed by atoms with E-state index in [1.54, 1.807) is 35.0 Å². The highest BCUT2D eigenvalue weighted by Crippen LogP contribution is 2.48. The monoisotopic (exact) mass is 309 g/mol. The van der Waals surface area contributed by atoms with Crippen LogP contribution in [0.25, 0.3) is 21.9 Å². The zero-order valence-electron chi connectivity index (χ0n) is 12.7. The molecule has 1 aliphatic rings. The van der Waals surface area contributed by atoms with Crippen LogP contribution in [0.3, 0.4) is 0 Å². The highest BCUT2D eigenvalue weighted by atomic mass is 16.5. The fourth-order valence-electron chi connectivity index (χ4n) is 3.06. The summed E-state index contributed by atoms with van der Waals surface area (Å²) in [5, 5.41) is 20.8. The Hall–Kier alpha value is -2.95. The van der Waals surface area contributed by atoms with Gasteiger partial charge in [-0.25, -0.2) is 0 Å². The van der Waals surface area contributed by atoms with Gasteiger partial charge < -0.3 is 19.5 Å². The van der Waals surface area contributed by atoms with Crippen LogP contribution in [0.1, 0.15) is 19.9 Å². The van der Waals surface area contributed by atoms with Gasteiger partial charge in [-0.3, -0.25) is 4.79 Å². The van der Waals surface area contributed by atoms with Gasteiger partial charge in [-0.2, -0.15) is 0 Å². The fourth-order valence-corrected chi connectivity index (χ4v) is 3.06. The summed E-state index contributed by atoms with van der Waals surface area (Å²) < 4.78 is 7.43. The van der Waals surface area contributed by atoms with Crippen LogP contribution in [0.5, 0.6) is 23.0 Å². The first kappa shape index (κ1) is 13.7. The Morgan fingerprint density at radius 1 is 1.00 bits per heavy atom. The molecule has 3 aromatic rings. The number of ether oxygens (including phenoxy) is 1. The Bertz CT molecular complexity index is 1020. The van der Waals surface area contributed by atoms with Crippen molar-refractivity contribution in [2.45, 2.75) is 19.9 Å². The highest BCUT2D eigenvalue weighted by Gasteiger charge is 2.25. The quantitative estimate of drug-likeness (QED) is 0.561. The van der Waals surface area contributed by atoms with E-state index in [1.165, 1.54) is 6.07 Å². The van der Waals surface area contributed by atoms with Crippen molar-refractivity contribution >= 4 is 10.8 Å². The Morgan fingerprint density at radius 2 is 1.74 bits per heavy atom. The molecule has 0 saturated heterocycles. The normalized spacial score (nSPS) is 12.3. The van der Waals surface area contributed by atoms with Crippen LogP contribution in [0.4, 0.5) is 0 Å². The molecule has 0 fully saturated rings. The lowest BCUT2D eigenvalue weighted by Crippen LogP contribution is -2.22. The Labute approximate surface area is 132 Å². The summed E-state index contributed by atoms with van der Waals surface area (Å²) in [6.45, 7) is 3.81. The summed E-state index contributed by atoms with van der Waals surface area (Å²) in [6.07, 6.45) is 1.76. The first-order valence-electron chi connectivity index (χ1n) is 7.39. The Balaban J connectivity index is 2.24. The van der Waals surface area contributed by atoms with Gasteiger partial charge in [0, 0.05) is 28.8 Å². The van der Waals surface area contributed by atoms with Gasteiger partial charge >= 0.3 is 0 Å². The average molecular weight is 309 g/mol. The second-order valence-corrected chi connectivity index (χ2v) is 5.96. The molecule has 5 heteroatoms. The molecule has 0 radical (unpaired) electrons. The van der Waals surface area contributed by atoms with Gasteiger partial charge in [0.05, 0.1) is 5.39 Å². The molecule has 2 N–H and O–H groups in total. The van der Waals surface area contributed by atoms with Crippen LogP contribution in [0.15, 0.2) is 41.3 Å². The maximum atomic E-state index is 12.7. The smallest absolute Gasteiger partial charge is 0.262 e. The lowest BCUT2D eigenvalue weighted by Gasteiger charge is -2.23. The number of phenols is 2. The minimum atomic E-state index is -0.259. The summed E-state index contributed by atoms with van der Waals surface area (Å²) in [5.74, 6) is 1.18. The molecule has 0 aliphatic carbocycles. The van der Waals surface area contributed by atoms with Crippen molar-refractivity contribution in [3.05, 3.63) is 46.9 Å². The molecule has 2 heterocycles. The molecular formula is C18H15NO4. The van der Waals surface area contributed by atoms with Crippen molar-refractivity contribution in [1.29, 1.82) is 0 Å². The molecular weight excluding hydrogens is 294 g/mol. The van der Waals surface area contributed by atoms with Crippen molar-refractivity contribution in [2.24, 2.45) is 0 Å². The summed E-state index contributed by atoms with van der Waals surface area (Å²) in [4.78, 5) is 12.7. The lowest BCUT2D eigenvalue weighted by atomic mass is 9.96. The van der Waals surface area contributed by atoms with Crippen LogP contribution in [-0.4, -0.2) is 14.8 Å². The van der Waals surface area contributed by atoms with Crippen molar-refractivity contribution in [1.82, 2.24) is 4.57 Å². The predicted molar refractivity (Wildman–Crippen MR) is 87.4 cm³/mol. The SMILES string of the molecule is CC(C)n1cc2c3c(ccc(O)c3c1=O)Oc1ccc(O)cc1-2. The van der Waals surface area contributed by atoms with Gasteiger partial charge in [0.2, 0.25) is 0 Å². The first-order valence-corrected chi connectivity index (χ1v) is 7.39. The van der Waals surface area contributed by atoms with E-state index in [4.69, 9.17) is 4.74 Å². The van der Waals surface area contributed by atoms with Gasteiger partial charge in [0.25, 0.3) is 5.56 Å². The van der Waals surface area contributed by atoms with Gasteiger partial charge in [-0.05, 0) is 44.2 Å². The van der Waals surface area contributed by atoms with E-state index < -0.39 is 0 Å². The predicted octanol–water partition coefficient (Wildman–Crippen LogP) is 3.77. The van der Waals surface area contributed by atoms with Crippen molar-refractivity contribution in [2.75, 3.05) is 0 Å². The second kappa shape index (κ2) is 4.52. The van der Waals surface area contributed by atoms with Crippen LogP contribution >= 0.6 is 0 Å². The van der Waals surface area contributed by atoms with E-state index in [2.05, 4.69) is 0 Å². The zero-order chi connectivity index (χ0) is 16.3. The van der Waals surface area contributed by atoms with Gasteiger partial charge in [-0.1, -0.05) is 0 Å². The molecule has 0 bridgehead atoms. The molecule has 1 aromatic heterocycles. The van der Waals surface area contributed by atoms with Crippen LogP contribution in [0, 0.1) is 0 Å². The van der Waals surface area contributed by atoms with Crippen LogP contribution < -0.4 is 10.3 Å². The summed E-state index contributed by atoms with van der Waals surface area (Å²) in [5.41, 5.74) is 1.20. The van der Waals surface area contributed by atoms with E-state index in [1.807, 2.05) is 13.8 Å². The first-order chi connectivity index (χ1) is 11.0. The van der Waals surface area contributed by atoms with Crippen molar-refractivity contribution < 1.29 is 14.9 Å². The lowest BCUT2D eigenvalue weighted by molar-refractivity contribution is 0.462. The Kier molecular flexibility index (Phi) is 2.69. The molecule has 4 rings (SSSR count). The number of pyridine rings is 1. The fraction of sp³-hybridized carbons (Fsp3) is 0.167. The minimum Gasteiger partial charge on any atom is -0.508 e. The number of fused-ring (bicyclic) bond motifs is 2.